The van der Waals surface area contributed by atoms with Gasteiger partial charge in [-0.1, -0.05) is 188 Å². The second kappa shape index (κ2) is 16.3. The molecule has 11 aromatic carbocycles. The molecule has 1 spiro atoms. The van der Waals surface area contributed by atoms with E-state index in [0.29, 0.717) is 5.92 Å². The number of rotatable bonds is 8. The van der Waals surface area contributed by atoms with Gasteiger partial charge in [-0.2, -0.15) is 0 Å². The third-order valence-corrected chi connectivity index (χ3v) is 17.1. The molecule has 72 heavy (non-hydrogen) atoms. The molecular weight excluding hydrogens is 869 g/mol. The molecule has 0 aromatic heterocycles. The van der Waals surface area contributed by atoms with Crippen LogP contribution in [0.5, 0.6) is 0 Å². The van der Waals surface area contributed by atoms with Crippen molar-refractivity contribution in [2.75, 3.05) is 9.80 Å². The minimum absolute atomic E-state index is 0.585. The zero-order chi connectivity index (χ0) is 47.3. The van der Waals surface area contributed by atoms with Crippen LogP contribution in [-0.2, 0) is 5.41 Å². The van der Waals surface area contributed by atoms with E-state index in [-0.39, 0.29) is 0 Å². The Hall–Kier alpha value is -8.46. The van der Waals surface area contributed by atoms with Gasteiger partial charge in [0.2, 0.25) is 0 Å². The quantitative estimate of drug-likeness (QED) is 0.150. The average Bonchev–Trinajstić information content (AvgIpc) is 4.23. The molecule has 0 saturated heterocycles. The molecule has 342 valence electrons. The van der Waals surface area contributed by atoms with Crippen molar-refractivity contribution in [3.05, 3.63) is 277 Å². The predicted molar refractivity (Wildman–Crippen MR) is 301 cm³/mol. The van der Waals surface area contributed by atoms with Crippen LogP contribution in [0.15, 0.2) is 249 Å². The lowest BCUT2D eigenvalue weighted by atomic mass is 9.70. The maximum Gasteiger partial charge on any atom is 0.0727 e. The Balaban J connectivity index is 0.961. The van der Waals surface area contributed by atoms with Gasteiger partial charge in [0.05, 0.1) is 11.1 Å². The Morgan fingerprint density at radius 1 is 0.347 bits per heavy atom. The van der Waals surface area contributed by atoms with Crippen molar-refractivity contribution in [3.8, 4) is 33.4 Å². The fraction of sp³-hybridized carbons (Fsp3) is 0.114. The molecule has 0 aliphatic heterocycles. The fourth-order valence-electron chi connectivity index (χ4n) is 14.0. The molecule has 0 N–H and O–H groups in total. The first kappa shape index (κ1) is 41.3. The summed E-state index contributed by atoms with van der Waals surface area (Å²) in [6.45, 7) is 0. The third-order valence-electron chi connectivity index (χ3n) is 17.1. The second-order valence-corrected chi connectivity index (χ2v) is 20.8. The van der Waals surface area contributed by atoms with Gasteiger partial charge in [-0.25, -0.2) is 0 Å². The zero-order valence-corrected chi connectivity index (χ0v) is 40.1. The Labute approximate surface area is 422 Å². The third kappa shape index (κ3) is 6.21. The van der Waals surface area contributed by atoms with Crippen LogP contribution in [0.1, 0.15) is 59.4 Å². The highest BCUT2D eigenvalue weighted by Crippen LogP contribution is 2.64. The molecule has 2 saturated carbocycles. The number of para-hydroxylation sites is 1. The molecule has 2 fully saturated rings. The standard InChI is InChI=1S/C70H52N2/c1-3-17-50(18-4-1)69-58-22-10-9-16-48(58)32-40-68(69)72(55-35-29-47-15-7-8-19-51(47)43-55)57-37-39-62-60-24-12-14-26-65(60)70(67(62)45-57)64-25-13-11-23-59(64)61-38-36-56(44-66(61)70)71(53-20-5-2-6-21-53)54-33-30-49(31-34-54)63-42-46-27-28-52(63)41-46/h1-26,29-40,43-46,52,63H,27-28,41-42H2. The van der Waals surface area contributed by atoms with Crippen LogP contribution in [0, 0.1) is 11.8 Å². The van der Waals surface area contributed by atoms with Gasteiger partial charge < -0.3 is 9.80 Å². The van der Waals surface area contributed by atoms with E-state index in [0.717, 1.165) is 40.3 Å². The Kier molecular flexibility index (Phi) is 9.36. The lowest BCUT2D eigenvalue weighted by Crippen LogP contribution is -2.26. The smallest absolute Gasteiger partial charge is 0.0727 e. The first-order valence-electron chi connectivity index (χ1n) is 26.0. The van der Waals surface area contributed by atoms with Gasteiger partial charge in [0.25, 0.3) is 0 Å². The Bertz CT molecular complexity index is 3900. The maximum atomic E-state index is 2.54. The normalized spacial score (nSPS) is 18.8. The molecule has 15 rings (SSSR count). The fourth-order valence-corrected chi connectivity index (χ4v) is 14.0. The topological polar surface area (TPSA) is 6.48 Å². The van der Waals surface area contributed by atoms with E-state index in [1.807, 2.05) is 0 Å². The van der Waals surface area contributed by atoms with Crippen molar-refractivity contribution in [2.45, 2.75) is 37.0 Å². The largest absolute Gasteiger partial charge is 0.310 e. The molecule has 11 aromatic rings. The zero-order valence-electron chi connectivity index (χ0n) is 40.1. The van der Waals surface area contributed by atoms with Crippen LogP contribution in [-0.4, -0.2) is 0 Å². The average molecular weight is 921 g/mol. The summed E-state index contributed by atoms with van der Waals surface area (Å²) < 4.78 is 0. The molecule has 2 bridgehead atoms. The number of hydrogen-bond donors (Lipinski definition) is 0. The molecule has 4 unspecified atom stereocenters. The van der Waals surface area contributed by atoms with Crippen molar-refractivity contribution in [2.24, 2.45) is 11.8 Å². The molecule has 4 aliphatic rings. The summed E-state index contributed by atoms with van der Waals surface area (Å²) in [4.78, 5) is 5.00. The van der Waals surface area contributed by atoms with Crippen molar-refractivity contribution < 1.29 is 0 Å². The summed E-state index contributed by atoms with van der Waals surface area (Å²) in [7, 11) is 0. The lowest BCUT2D eigenvalue weighted by molar-refractivity contribution is 0.420. The monoisotopic (exact) mass is 920 g/mol. The summed E-state index contributed by atoms with van der Waals surface area (Å²) in [5.41, 5.74) is 20.6. The summed E-state index contributed by atoms with van der Waals surface area (Å²) in [5.74, 6) is 2.45. The molecule has 4 atom stereocenters. The van der Waals surface area contributed by atoms with Crippen LogP contribution in [0.3, 0.4) is 0 Å². The number of nitrogens with zero attached hydrogens (tertiary/aromatic N) is 2. The van der Waals surface area contributed by atoms with Gasteiger partial charge in [-0.05, 0) is 181 Å². The number of hydrogen-bond acceptors (Lipinski definition) is 2. The van der Waals surface area contributed by atoms with E-state index in [2.05, 4.69) is 259 Å². The Morgan fingerprint density at radius 2 is 0.875 bits per heavy atom. The van der Waals surface area contributed by atoms with E-state index in [1.54, 1.807) is 0 Å². The van der Waals surface area contributed by atoms with Crippen LogP contribution in [0.25, 0.3) is 54.9 Å². The van der Waals surface area contributed by atoms with Crippen molar-refractivity contribution in [1.82, 2.24) is 0 Å². The Morgan fingerprint density at radius 3 is 1.56 bits per heavy atom. The van der Waals surface area contributed by atoms with E-state index in [4.69, 9.17) is 0 Å². The predicted octanol–water partition coefficient (Wildman–Crippen LogP) is 18.8. The van der Waals surface area contributed by atoms with E-state index < -0.39 is 5.41 Å². The van der Waals surface area contributed by atoms with E-state index >= 15 is 0 Å². The second-order valence-electron chi connectivity index (χ2n) is 20.8. The first-order chi connectivity index (χ1) is 35.7. The van der Waals surface area contributed by atoms with E-state index in [9.17, 15) is 0 Å². The molecule has 2 nitrogen and oxygen atoms in total. The number of anilines is 6. The van der Waals surface area contributed by atoms with Gasteiger partial charge in [-0.15, -0.1) is 0 Å². The highest BCUT2D eigenvalue weighted by molar-refractivity contribution is 6.06. The maximum absolute atomic E-state index is 2.54. The van der Waals surface area contributed by atoms with Gasteiger partial charge >= 0.3 is 0 Å². The van der Waals surface area contributed by atoms with Crippen molar-refractivity contribution in [3.63, 3.8) is 0 Å². The van der Waals surface area contributed by atoms with Crippen molar-refractivity contribution in [1.29, 1.82) is 0 Å². The first-order valence-corrected chi connectivity index (χ1v) is 26.0. The molecule has 2 heteroatoms. The lowest BCUT2D eigenvalue weighted by Gasteiger charge is -2.34. The summed E-state index contributed by atoms with van der Waals surface area (Å²) in [6.07, 6.45) is 5.57. The molecule has 0 heterocycles. The minimum Gasteiger partial charge on any atom is -0.310 e. The van der Waals surface area contributed by atoms with Crippen LogP contribution in [0.2, 0.25) is 0 Å². The molecule has 0 radical (unpaired) electrons. The van der Waals surface area contributed by atoms with E-state index in [1.165, 1.54) is 114 Å². The van der Waals surface area contributed by atoms with Crippen molar-refractivity contribution >= 4 is 55.7 Å². The SMILES string of the molecule is c1ccc(-c2c(N(c3ccc4c(c3)C3(c5ccccc5-c5ccc(N(c6ccccc6)c6ccc(C7CC8CCC7C8)cc6)cc53)c3ccccc3-4)c3ccc4ccccc4c3)ccc3ccccc23)cc1. The minimum atomic E-state index is -0.585. The summed E-state index contributed by atoms with van der Waals surface area (Å²) in [6, 6.07) is 93.7. The molecule has 0 amide bonds. The van der Waals surface area contributed by atoms with Crippen LogP contribution in [0.4, 0.5) is 34.1 Å². The van der Waals surface area contributed by atoms with Gasteiger partial charge in [-0.3, -0.25) is 0 Å². The van der Waals surface area contributed by atoms with Gasteiger partial charge in [0.15, 0.2) is 0 Å². The number of fused-ring (bicyclic) bond motifs is 14. The number of benzene rings is 11. The summed E-state index contributed by atoms with van der Waals surface area (Å²) >= 11 is 0. The highest BCUT2D eigenvalue weighted by atomic mass is 15.1. The van der Waals surface area contributed by atoms with Crippen LogP contribution >= 0.6 is 0 Å². The highest BCUT2D eigenvalue weighted by Gasteiger charge is 2.52. The molecule has 4 aliphatic carbocycles. The molecular formula is C70H52N2. The van der Waals surface area contributed by atoms with Crippen LogP contribution < -0.4 is 9.80 Å². The summed E-state index contributed by atoms with van der Waals surface area (Å²) in [5, 5.41) is 4.88. The van der Waals surface area contributed by atoms with Gasteiger partial charge in [0, 0.05) is 34.0 Å². The van der Waals surface area contributed by atoms with Gasteiger partial charge in [0.1, 0.15) is 0 Å².